The third kappa shape index (κ3) is 4.63. The Balaban J connectivity index is 2.13. The summed E-state index contributed by atoms with van der Waals surface area (Å²) in [5, 5.41) is 6.42. The Morgan fingerprint density at radius 2 is 1.91 bits per heavy atom. The van der Waals surface area contributed by atoms with Crippen molar-refractivity contribution in [3.63, 3.8) is 0 Å². The number of aryl methyl sites for hydroxylation is 1. The van der Waals surface area contributed by atoms with Crippen LogP contribution in [0.25, 0.3) is 10.6 Å². The van der Waals surface area contributed by atoms with Gasteiger partial charge in [0.25, 0.3) is 5.91 Å². The van der Waals surface area contributed by atoms with Gasteiger partial charge in [0.2, 0.25) is 5.91 Å². The van der Waals surface area contributed by atoms with Crippen LogP contribution in [0.5, 0.6) is 0 Å². The summed E-state index contributed by atoms with van der Waals surface area (Å²) in [6, 6.07) is 7.44. The van der Waals surface area contributed by atoms with Crippen molar-refractivity contribution in [1.82, 2.24) is 10.3 Å². The summed E-state index contributed by atoms with van der Waals surface area (Å²) in [6.07, 6.45) is 2.01. The molecule has 5 nitrogen and oxygen atoms in total. The summed E-state index contributed by atoms with van der Waals surface area (Å²) in [4.78, 5) is 28.6. The summed E-state index contributed by atoms with van der Waals surface area (Å²) >= 11 is 1.50. The molecule has 2 rings (SSSR count). The molecule has 122 valence electrons. The number of amides is 2. The van der Waals surface area contributed by atoms with Crippen LogP contribution in [0, 0.1) is 6.92 Å². The quantitative estimate of drug-likeness (QED) is 0.794. The Labute approximate surface area is 140 Å². The molecular formula is C17H21N3O2S. The molecule has 1 aromatic carbocycles. The van der Waals surface area contributed by atoms with Crippen LogP contribution >= 0.6 is 11.3 Å². The molecule has 2 aromatic rings. The summed E-state index contributed by atoms with van der Waals surface area (Å²) in [7, 11) is 0. The molecule has 1 heterocycles. The van der Waals surface area contributed by atoms with Gasteiger partial charge in [0, 0.05) is 29.6 Å². The Morgan fingerprint density at radius 3 is 2.52 bits per heavy atom. The molecule has 0 spiro atoms. The zero-order valence-electron chi connectivity index (χ0n) is 13.6. The maximum atomic E-state index is 12.1. The molecule has 0 atom stereocenters. The predicted octanol–water partition coefficient (Wildman–Crippen LogP) is 3.61. The number of unbranched alkanes of at least 4 members (excludes halogenated alkanes) is 1. The molecule has 2 N–H and O–H groups in total. The predicted molar refractivity (Wildman–Crippen MR) is 93.8 cm³/mol. The first-order valence-corrected chi connectivity index (χ1v) is 8.46. The monoisotopic (exact) mass is 331 g/mol. The Morgan fingerprint density at radius 1 is 1.22 bits per heavy atom. The van der Waals surface area contributed by atoms with Gasteiger partial charge in [0.15, 0.2) is 0 Å². The molecule has 0 fully saturated rings. The van der Waals surface area contributed by atoms with Crippen LogP contribution in [0.1, 0.15) is 42.1 Å². The average molecular weight is 331 g/mol. The lowest BCUT2D eigenvalue weighted by Gasteiger charge is -2.03. The molecule has 1 aromatic heterocycles. The van der Waals surface area contributed by atoms with Crippen LogP contribution in [0.4, 0.5) is 5.69 Å². The molecule has 23 heavy (non-hydrogen) atoms. The highest BCUT2D eigenvalue weighted by atomic mass is 32.1. The minimum Gasteiger partial charge on any atom is -0.351 e. The third-order valence-corrected chi connectivity index (χ3v) is 4.30. The van der Waals surface area contributed by atoms with Crippen molar-refractivity contribution < 1.29 is 9.59 Å². The van der Waals surface area contributed by atoms with E-state index in [-0.39, 0.29) is 11.8 Å². The molecule has 0 saturated heterocycles. The molecule has 0 radical (unpaired) electrons. The molecule has 0 aliphatic rings. The number of rotatable bonds is 6. The fourth-order valence-corrected chi connectivity index (χ4v) is 3.01. The summed E-state index contributed by atoms with van der Waals surface area (Å²) in [5.41, 5.74) is 2.17. The normalized spacial score (nSPS) is 10.4. The van der Waals surface area contributed by atoms with Crippen LogP contribution in [0.2, 0.25) is 0 Å². The van der Waals surface area contributed by atoms with E-state index in [1.54, 1.807) is 0 Å². The van der Waals surface area contributed by atoms with Crippen molar-refractivity contribution in [2.45, 2.75) is 33.6 Å². The van der Waals surface area contributed by atoms with Crippen LogP contribution in [-0.2, 0) is 4.79 Å². The van der Waals surface area contributed by atoms with Gasteiger partial charge >= 0.3 is 0 Å². The molecule has 2 amide bonds. The number of carbonyl (C=O) groups excluding carboxylic acids is 2. The molecule has 0 saturated carbocycles. The molecule has 0 aliphatic carbocycles. The molecule has 0 bridgehead atoms. The van der Waals surface area contributed by atoms with Gasteiger partial charge in [-0.05, 0) is 37.6 Å². The molecule has 6 heteroatoms. The summed E-state index contributed by atoms with van der Waals surface area (Å²) < 4.78 is 0. The third-order valence-electron chi connectivity index (χ3n) is 3.28. The minimum atomic E-state index is -0.117. The first-order chi connectivity index (χ1) is 11.0. The Kier molecular flexibility index (Phi) is 5.87. The van der Waals surface area contributed by atoms with E-state index in [1.165, 1.54) is 18.3 Å². The number of hydrogen-bond acceptors (Lipinski definition) is 4. The highest BCUT2D eigenvalue weighted by Crippen LogP contribution is 2.28. The molecule has 0 aliphatic heterocycles. The topological polar surface area (TPSA) is 71.1 Å². The van der Waals surface area contributed by atoms with E-state index in [0.717, 1.165) is 34.0 Å². The number of thiazole rings is 1. The van der Waals surface area contributed by atoms with E-state index in [0.29, 0.717) is 12.2 Å². The zero-order chi connectivity index (χ0) is 16.8. The van der Waals surface area contributed by atoms with E-state index < -0.39 is 0 Å². The first kappa shape index (κ1) is 17.1. The second-order valence-electron chi connectivity index (χ2n) is 5.29. The van der Waals surface area contributed by atoms with E-state index >= 15 is 0 Å². The summed E-state index contributed by atoms with van der Waals surface area (Å²) in [5.74, 6) is -0.220. The Hall–Kier alpha value is -2.21. The van der Waals surface area contributed by atoms with Gasteiger partial charge in [0.05, 0.1) is 0 Å². The van der Waals surface area contributed by atoms with Gasteiger partial charge in [-0.2, -0.15) is 0 Å². The number of nitrogens with one attached hydrogen (secondary N) is 2. The van der Waals surface area contributed by atoms with Crippen LogP contribution in [0.3, 0.4) is 0 Å². The number of nitrogens with zero attached hydrogens (tertiary/aromatic N) is 1. The minimum absolute atomic E-state index is 0.103. The van der Waals surface area contributed by atoms with Gasteiger partial charge in [-0.25, -0.2) is 4.98 Å². The van der Waals surface area contributed by atoms with E-state index in [9.17, 15) is 9.59 Å². The highest BCUT2D eigenvalue weighted by molar-refractivity contribution is 7.15. The van der Waals surface area contributed by atoms with Crippen LogP contribution < -0.4 is 10.6 Å². The van der Waals surface area contributed by atoms with Crippen molar-refractivity contribution in [2.24, 2.45) is 0 Å². The first-order valence-electron chi connectivity index (χ1n) is 7.65. The van der Waals surface area contributed by atoms with E-state index in [1.807, 2.05) is 31.2 Å². The lowest BCUT2D eigenvalue weighted by molar-refractivity contribution is -0.114. The smallest absolute Gasteiger partial charge is 0.271 e. The fourth-order valence-electron chi connectivity index (χ4n) is 2.09. The van der Waals surface area contributed by atoms with Crippen molar-refractivity contribution in [1.29, 1.82) is 0 Å². The second-order valence-corrected chi connectivity index (χ2v) is 6.49. The lowest BCUT2D eigenvalue weighted by Crippen LogP contribution is -2.25. The SMILES string of the molecule is CCCCNC(=O)c1nc(-c2ccc(NC(C)=O)cc2)sc1C. The van der Waals surface area contributed by atoms with E-state index in [4.69, 9.17) is 0 Å². The standard InChI is InChI=1S/C17H21N3O2S/c1-4-5-10-18-16(22)15-11(2)23-17(20-15)13-6-8-14(9-7-13)19-12(3)21/h6-9H,4-5,10H2,1-3H3,(H,18,22)(H,19,21). The van der Waals surface area contributed by atoms with Gasteiger partial charge in [-0.15, -0.1) is 11.3 Å². The van der Waals surface area contributed by atoms with Gasteiger partial charge < -0.3 is 10.6 Å². The van der Waals surface area contributed by atoms with Gasteiger partial charge in [-0.1, -0.05) is 13.3 Å². The average Bonchev–Trinajstić information content (AvgIpc) is 2.89. The molecular weight excluding hydrogens is 310 g/mol. The van der Waals surface area contributed by atoms with Crippen LogP contribution in [-0.4, -0.2) is 23.3 Å². The number of anilines is 1. The van der Waals surface area contributed by atoms with Crippen molar-refractivity contribution >= 4 is 28.8 Å². The van der Waals surface area contributed by atoms with Crippen LogP contribution in [0.15, 0.2) is 24.3 Å². The maximum Gasteiger partial charge on any atom is 0.271 e. The maximum absolute atomic E-state index is 12.1. The second kappa shape index (κ2) is 7.87. The zero-order valence-corrected chi connectivity index (χ0v) is 14.4. The van der Waals surface area contributed by atoms with E-state index in [2.05, 4.69) is 22.5 Å². The largest absolute Gasteiger partial charge is 0.351 e. The Bertz CT molecular complexity index is 692. The number of aromatic nitrogens is 1. The lowest BCUT2D eigenvalue weighted by atomic mass is 10.2. The number of carbonyl (C=O) groups is 2. The van der Waals surface area contributed by atoms with Gasteiger partial charge in [0.1, 0.15) is 10.7 Å². The fraction of sp³-hybridized carbons (Fsp3) is 0.353. The summed E-state index contributed by atoms with van der Waals surface area (Å²) in [6.45, 7) is 6.14. The molecule has 0 unspecified atom stereocenters. The number of benzene rings is 1. The highest BCUT2D eigenvalue weighted by Gasteiger charge is 2.15. The van der Waals surface area contributed by atoms with Crippen molar-refractivity contribution in [3.05, 3.63) is 34.8 Å². The number of hydrogen-bond donors (Lipinski definition) is 2. The van der Waals surface area contributed by atoms with Gasteiger partial charge in [-0.3, -0.25) is 9.59 Å². The van der Waals surface area contributed by atoms with Crippen molar-refractivity contribution in [2.75, 3.05) is 11.9 Å². The van der Waals surface area contributed by atoms with Crippen molar-refractivity contribution in [3.8, 4) is 10.6 Å².